The van der Waals surface area contributed by atoms with Gasteiger partial charge >= 0.3 is 12.0 Å². The average Bonchev–Trinajstić information content (AvgIpc) is 2.37. The number of methoxy groups -OCH3 is 1. The summed E-state index contributed by atoms with van der Waals surface area (Å²) in [4.78, 5) is 22.2. The number of amides is 2. The Morgan fingerprint density at radius 2 is 2.10 bits per heavy atom. The van der Waals surface area contributed by atoms with E-state index in [9.17, 15) is 18.4 Å². The molecule has 0 fully saturated rings. The first-order chi connectivity index (χ1) is 9.43. The van der Waals surface area contributed by atoms with E-state index in [1.807, 2.05) is 0 Å². The summed E-state index contributed by atoms with van der Waals surface area (Å²) in [6.45, 7) is -0.398. The first-order valence-electron chi connectivity index (χ1n) is 5.64. The highest BCUT2D eigenvalue weighted by Crippen LogP contribution is 2.08. The van der Waals surface area contributed by atoms with Crippen molar-refractivity contribution in [3.05, 3.63) is 35.4 Å². The summed E-state index contributed by atoms with van der Waals surface area (Å²) in [6, 6.07) is 0.939. The van der Waals surface area contributed by atoms with Crippen molar-refractivity contribution in [2.24, 2.45) is 0 Å². The first kappa shape index (κ1) is 15.8. The Hall–Kier alpha value is -2.22. The molecule has 0 saturated heterocycles. The molecule has 20 heavy (non-hydrogen) atoms. The standard InChI is InChI=1S/C12H14F2N2O4/c1-20-6-10(11(17)18)16-12(19)15-5-7-2-3-8(13)4-9(7)14/h2-4,10H,5-6H2,1H3,(H,17,18)(H2,15,16,19). The quantitative estimate of drug-likeness (QED) is 0.724. The molecule has 8 heteroatoms. The number of rotatable bonds is 6. The zero-order valence-electron chi connectivity index (χ0n) is 10.7. The molecule has 1 aromatic carbocycles. The molecule has 0 heterocycles. The Kier molecular flexibility index (Phi) is 5.85. The van der Waals surface area contributed by atoms with Crippen LogP contribution in [0.15, 0.2) is 18.2 Å². The molecule has 3 N–H and O–H groups in total. The second-order valence-electron chi connectivity index (χ2n) is 3.91. The largest absolute Gasteiger partial charge is 0.480 e. The number of halogens is 2. The van der Waals surface area contributed by atoms with Gasteiger partial charge in [-0.15, -0.1) is 0 Å². The maximum absolute atomic E-state index is 13.3. The minimum absolute atomic E-state index is 0.0835. The van der Waals surface area contributed by atoms with E-state index in [4.69, 9.17) is 5.11 Å². The molecule has 0 saturated carbocycles. The number of aliphatic carboxylic acids is 1. The summed E-state index contributed by atoms with van der Waals surface area (Å²) >= 11 is 0. The third kappa shape index (κ3) is 4.81. The van der Waals surface area contributed by atoms with Crippen LogP contribution in [-0.2, 0) is 16.1 Å². The number of urea groups is 1. The molecule has 1 rings (SSSR count). The van der Waals surface area contributed by atoms with Crippen molar-refractivity contribution in [3.8, 4) is 0 Å². The summed E-state index contributed by atoms with van der Waals surface area (Å²) in [5.74, 6) is -2.77. The summed E-state index contributed by atoms with van der Waals surface area (Å²) in [6.07, 6.45) is 0. The highest BCUT2D eigenvalue weighted by Gasteiger charge is 2.19. The molecule has 0 aliphatic rings. The number of carbonyl (C=O) groups is 2. The Bertz CT molecular complexity index is 496. The van der Waals surface area contributed by atoms with Gasteiger partial charge in [-0.05, 0) is 6.07 Å². The molecule has 0 spiro atoms. The van der Waals surface area contributed by atoms with Gasteiger partial charge in [0.2, 0.25) is 0 Å². The molecule has 0 aliphatic heterocycles. The highest BCUT2D eigenvalue weighted by atomic mass is 19.1. The Labute approximate surface area is 113 Å². The summed E-state index contributed by atoms with van der Waals surface area (Å²) in [5.41, 5.74) is 0.0835. The second-order valence-corrected chi connectivity index (χ2v) is 3.91. The van der Waals surface area contributed by atoms with Gasteiger partial charge in [0.25, 0.3) is 0 Å². The fourth-order valence-corrected chi connectivity index (χ4v) is 1.39. The lowest BCUT2D eigenvalue weighted by atomic mass is 10.2. The van der Waals surface area contributed by atoms with Gasteiger partial charge in [0, 0.05) is 25.3 Å². The maximum Gasteiger partial charge on any atom is 0.328 e. The van der Waals surface area contributed by atoms with Gasteiger partial charge in [-0.25, -0.2) is 18.4 Å². The van der Waals surface area contributed by atoms with Crippen molar-refractivity contribution in [1.29, 1.82) is 0 Å². The van der Waals surface area contributed by atoms with E-state index in [1.165, 1.54) is 13.2 Å². The fourth-order valence-electron chi connectivity index (χ4n) is 1.39. The number of hydrogen-bond donors (Lipinski definition) is 3. The van der Waals surface area contributed by atoms with E-state index in [0.29, 0.717) is 6.07 Å². The van der Waals surface area contributed by atoms with Crippen molar-refractivity contribution in [2.45, 2.75) is 12.6 Å². The van der Waals surface area contributed by atoms with E-state index >= 15 is 0 Å². The van der Waals surface area contributed by atoms with E-state index in [2.05, 4.69) is 15.4 Å². The zero-order valence-corrected chi connectivity index (χ0v) is 10.7. The van der Waals surface area contributed by atoms with Gasteiger partial charge in [-0.1, -0.05) is 6.07 Å². The van der Waals surface area contributed by atoms with E-state index in [0.717, 1.165) is 6.07 Å². The lowest BCUT2D eigenvalue weighted by Gasteiger charge is -2.14. The highest BCUT2D eigenvalue weighted by molar-refractivity contribution is 5.82. The number of carboxylic acids is 1. The predicted molar refractivity (Wildman–Crippen MR) is 65.0 cm³/mol. The Morgan fingerprint density at radius 3 is 2.65 bits per heavy atom. The lowest BCUT2D eigenvalue weighted by molar-refractivity contribution is -0.140. The van der Waals surface area contributed by atoms with Crippen LogP contribution >= 0.6 is 0 Å². The summed E-state index contributed by atoms with van der Waals surface area (Å²) in [5, 5.41) is 13.2. The number of carboxylic acid groups (broad SMARTS) is 1. The molecule has 2 amide bonds. The van der Waals surface area contributed by atoms with Crippen LogP contribution in [0.2, 0.25) is 0 Å². The normalized spacial score (nSPS) is 11.8. The van der Waals surface area contributed by atoms with Crippen LogP contribution in [-0.4, -0.2) is 36.9 Å². The van der Waals surface area contributed by atoms with Gasteiger partial charge < -0.3 is 20.5 Å². The zero-order chi connectivity index (χ0) is 15.1. The molecule has 1 atom stereocenters. The van der Waals surface area contributed by atoms with Crippen LogP contribution in [0.3, 0.4) is 0 Å². The molecule has 6 nitrogen and oxygen atoms in total. The first-order valence-corrected chi connectivity index (χ1v) is 5.64. The van der Waals surface area contributed by atoms with Gasteiger partial charge in [0.05, 0.1) is 6.61 Å². The van der Waals surface area contributed by atoms with Crippen LogP contribution in [0, 0.1) is 11.6 Å². The van der Waals surface area contributed by atoms with Gasteiger partial charge in [-0.3, -0.25) is 0 Å². The Morgan fingerprint density at radius 1 is 1.40 bits per heavy atom. The van der Waals surface area contributed by atoms with E-state index < -0.39 is 29.7 Å². The fraction of sp³-hybridized carbons (Fsp3) is 0.333. The molecule has 0 bridgehead atoms. The predicted octanol–water partition coefficient (Wildman–Crippen LogP) is 0.864. The molecule has 0 aromatic heterocycles. The van der Waals surface area contributed by atoms with Crippen LogP contribution in [0.25, 0.3) is 0 Å². The minimum Gasteiger partial charge on any atom is -0.480 e. The number of benzene rings is 1. The molecular formula is C12H14F2N2O4. The monoisotopic (exact) mass is 288 g/mol. The van der Waals surface area contributed by atoms with Crippen molar-refractivity contribution >= 4 is 12.0 Å². The van der Waals surface area contributed by atoms with Crippen molar-refractivity contribution < 1.29 is 28.2 Å². The molecule has 0 aliphatic carbocycles. The van der Waals surface area contributed by atoms with Gasteiger partial charge in [0.15, 0.2) is 6.04 Å². The minimum atomic E-state index is -1.25. The lowest BCUT2D eigenvalue weighted by Crippen LogP contribution is -2.48. The molecule has 1 unspecified atom stereocenters. The number of carbonyl (C=O) groups excluding carboxylic acids is 1. The number of nitrogens with one attached hydrogen (secondary N) is 2. The summed E-state index contributed by atoms with van der Waals surface area (Å²) in [7, 11) is 1.30. The maximum atomic E-state index is 13.3. The van der Waals surface area contributed by atoms with Crippen LogP contribution in [0.4, 0.5) is 13.6 Å². The van der Waals surface area contributed by atoms with Crippen LogP contribution in [0.5, 0.6) is 0 Å². The SMILES string of the molecule is COCC(NC(=O)NCc1ccc(F)cc1F)C(=O)O. The molecule has 1 aromatic rings. The van der Waals surface area contributed by atoms with Gasteiger partial charge in [0.1, 0.15) is 11.6 Å². The number of hydrogen-bond acceptors (Lipinski definition) is 3. The van der Waals surface area contributed by atoms with E-state index in [1.54, 1.807) is 0 Å². The Balaban J connectivity index is 2.52. The second kappa shape index (κ2) is 7.39. The molecule has 0 radical (unpaired) electrons. The molecular weight excluding hydrogens is 274 g/mol. The smallest absolute Gasteiger partial charge is 0.328 e. The van der Waals surface area contributed by atoms with Crippen LogP contribution < -0.4 is 10.6 Å². The number of ether oxygens (including phenoxy) is 1. The topological polar surface area (TPSA) is 87.7 Å². The third-order valence-corrected chi connectivity index (χ3v) is 2.39. The van der Waals surface area contributed by atoms with Crippen LogP contribution in [0.1, 0.15) is 5.56 Å². The summed E-state index contributed by atoms with van der Waals surface area (Å²) < 4.78 is 30.6. The average molecular weight is 288 g/mol. The van der Waals surface area contributed by atoms with E-state index in [-0.39, 0.29) is 18.7 Å². The van der Waals surface area contributed by atoms with Crippen molar-refractivity contribution in [2.75, 3.05) is 13.7 Å². The van der Waals surface area contributed by atoms with Crippen molar-refractivity contribution in [1.82, 2.24) is 10.6 Å². The third-order valence-electron chi connectivity index (χ3n) is 2.39. The van der Waals surface area contributed by atoms with Crippen molar-refractivity contribution in [3.63, 3.8) is 0 Å². The van der Waals surface area contributed by atoms with Gasteiger partial charge in [-0.2, -0.15) is 0 Å². The molecule has 110 valence electrons.